The molecule has 0 aromatic carbocycles. The van der Waals surface area contributed by atoms with Gasteiger partial charge in [-0.05, 0) is 6.92 Å². The first kappa shape index (κ1) is 60.9. The van der Waals surface area contributed by atoms with Gasteiger partial charge in [-0.1, -0.05) is 0 Å². The lowest BCUT2D eigenvalue weighted by Gasteiger charge is -2.48. The molecule has 0 radical (unpaired) electrons. The van der Waals surface area contributed by atoms with E-state index in [-0.39, 0.29) is 0 Å². The molecule has 428 valence electrons. The zero-order valence-electron chi connectivity index (χ0n) is 38.7. The van der Waals surface area contributed by atoms with Gasteiger partial charge in [0.15, 0.2) is 37.7 Å². The Bertz CT molecular complexity index is 1650. The third kappa shape index (κ3) is 13.6. The molecule has 0 spiro atoms. The Labute approximate surface area is 413 Å². The molecule has 0 saturated carbocycles. The zero-order valence-corrected chi connectivity index (χ0v) is 38.7. The van der Waals surface area contributed by atoms with Crippen LogP contribution in [0.25, 0.3) is 0 Å². The normalized spacial score (nSPS) is 49.7. The smallest absolute Gasteiger partial charge is 0.187 e. The maximum Gasteiger partial charge on any atom is 0.187 e. The topological polar surface area (TPSA) is 536 Å². The van der Waals surface area contributed by atoms with Crippen LogP contribution in [0.4, 0.5) is 0 Å². The fraction of sp³-hybridized carbons (Fsp3) is 1.00. The Morgan fingerprint density at radius 2 is 0.863 bits per heavy atom. The van der Waals surface area contributed by atoms with E-state index < -0.39 is 243 Å². The molecule has 32 atom stereocenters. The number of aliphatic hydroxyl groups excluding tert-OH is 21. The highest BCUT2D eigenvalue weighted by Gasteiger charge is 2.56. The molecule has 0 amide bonds. The summed E-state index contributed by atoms with van der Waals surface area (Å²) in [6.45, 7) is -4.84. The second kappa shape index (κ2) is 26.6. The summed E-state index contributed by atoms with van der Waals surface area (Å²) in [5.41, 5.74) is 0. The van der Waals surface area contributed by atoms with Gasteiger partial charge in [0.1, 0.15) is 153 Å². The van der Waals surface area contributed by atoms with Crippen molar-refractivity contribution in [2.45, 2.75) is 203 Å². The predicted octanol–water partition coefficient (Wildman–Crippen LogP) is -14.3. The van der Waals surface area contributed by atoms with Gasteiger partial charge in [0, 0.05) is 0 Å². The summed E-state index contributed by atoms with van der Waals surface area (Å²) in [6.07, 6.45) is -61.5. The minimum atomic E-state index is -2.31. The van der Waals surface area contributed by atoms with Crippen LogP contribution in [0.15, 0.2) is 0 Å². The minimum absolute atomic E-state index is 0.488. The maximum absolute atomic E-state index is 11.6. The molecular formula is C40H70O33. The second-order valence-corrected chi connectivity index (χ2v) is 18.5. The summed E-state index contributed by atoms with van der Waals surface area (Å²) in [6, 6.07) is 0. The van der Waals surface area contributed by atoms with Crippen molar-refractivity contribution in [3.63, 3.8) is 0 Å². The Kier molecular flexibility index (Phi) is 22.2. The van der Waals surface area contributed by atoms with Gasteiger partial charge in [0.25, 0.3) is 0 Å². The van der Waals surface area contributed by atoms with Gasteiger partial charge in [-0.15, -0.1) is 0 Å². The number of aliphatic hydroxyl groups is 21. The molecule has 6 aliphatic rings. The maximum atomic E-state index is 11.6. The lowest BCUT2D eigenvalue weighted by atomic mass is 9.96. The number of hydrogen-bond acceptors (Lipinski definition) is 33. The van der Waals surface area contributed by atoms with E-state index in [0.717, 1.165) is 0 Å². The summed E-state index contributed by atoms with van der Waals surface area (Å²) >= 11 is 0. The highest BCUT2D eigenvalue weighted by atomic mass is 16.8. The van der Waals surface area contributed by atoms with Crippen molar-refractivity contribution in [1.29, 1.82) is 0 Å². The number of ether oxygens (including phenoxy) is 12. The Morgan fingerprint density at radius 3 is 1.49 bits per heavy atom. The van der Waals surface area contributed by atoms with Crippen LogP contribution in [0, 0.1) is 0 Å². The Balaban J connectivity index is 1.26. The van der Waals surface area contributed by atoms with Crippen LogP contribution < -0.4 is 0 Å². The molecule has 6 aliphatic heterocycles. The van der Waals surface area contributed by atoms with E-state index in [1.807, 2.05) is 0 Å². The van der Waals surface area contributed by atoms with Gasteiger partial charge in [-0.25, -0.2) is 0 Å². The monoisotopic (exact) mass is 1080 g/mol. The average Bonchev–Trinajstić information content (AvgIpc) is 3.37. The van der Waals surface area contributed by atoms with Crippen LogP contribution in [-0.4, -0.2) is 350 Å². The average molecular weight is 1080 g/mol. The molecule has 0 bridgehead atoms. The van der Waals surface area contributed by atoms with Crippen LogP contribution in [-0.2, 0) is 56.8 Å². The van der Waals surface area contributed by atoms with E-state index in [1.54, 1.807) is 0 Å². The molecule has 0 aromatic heterocycles. The zero-order chi connectivity index (χ0) is 53.9. The van der Waals surface area contributed by atoms with E-state index in [0.29, 0.717) is 0 Å². The lowest BCUT2D eigenvalue weighted by molar-refractivity contribution is -0.392. The molecule has 6 rings (SSSR count). The fourth-order valence-electron chi connectivity index (χ4n) is 8.73. The fourth-order valence-corrected chi connectivity index (χ4v) is 8.73. The largest absolute Gasteiger partial charge is 0.394 e. The molecule has 33 heteroatoms. The van der Waals surface area contributed by atoms with Crippen molar-refractivity contribution < 1.29 is 164 Å². The van der Waals surface area contributed by atoms with Crippen molar-refractivity contribution in [2.75, 3.05) is 46.2 Å². The van der Waals surface area contributed by atoms with Crippen molar-refractivity contribution in [1.82, 2.24) is 0 Å². The third-order valence-electron chi connectivity index (χ3n) is 13.3. The summed E-state index contributed by atoms with van der Waals surface area (Å²) in [5, 5.41) is 222. The summed E-state index contributed by atoms with van der Waals surface area (Å²) in [4.78, 5) is 0. The molecule has 6 heterocycles. The van der Waals surface area contributed by atoms with Gasteiger partial charge in [0.05, 0.1) is 52.4 Å². The number of hydrogen-bond donors (Lipinski definition) is 21. The third-order valence-corrected chi connectivity index (χ3v) is 13.3. The summed E-state index contributed by atoms with van der Waals surface area (Å²) in [7, 11) is 0. The van der Waals surface area contributed by atoms with Crippen LogP contribution in [0.2, 0.25) is 0 Å². The van der Waals surface area contributed by atoms with Gasteiger partial charge >= 0.3 is 0 Å². The van der Waals surface area contributed by atoms with Gasteiger partial charge < -0.3 is 164 Å². The SMILES string of the molecule is C[C@H]1O[C@H](O[C@H]2[C@H](O[C@H]3[C@@H](OC[C@H]4O[C@@H](O[C@@H]([C@H](O)[C@H](O)CO)[C@@H](O)CO)[C@H](O)[C@@H](O)[C@@H]4O[C@@H]4O[C@H](CO[C@H]5OC[C@@H](O)[C@H](O)[C@H]5O)[C@@H](O)[C@H](O)[C@H]4O)OC[C@@H](O)[C@@H]3O)O[C@H](CO)[C@H](O)[C@@H]2O)[C@H](O)[C@@H](O)[C@H]1O. The standard InChI is InChI=1S/C40H70O33/c1-9-17(48)23(54)28(59)36(66-9)72-34-25(56)21(52)14(4-43)67-40(34)73-33-20(51)13(47)6-63-39(33)65-8-16-32(26(57)30(61)38(69-16)70-31(11(45)3-42)19(50)10(44)2-41)71-37-29(60)24(55)22(53)15(68-37)7-64-35-27(58)18(49)12(46)5-62-35/h9-61H,2-8H2,1H3/t9-,10-,11+,12-,13-,14-,15-,16-,17+,18+,19-,20+,21+,22-,23+,24+,25+,26-,27-,28-,29-,30-,31-,32-,33-,34-,35-,36-,37+,38+,39-,40+/m1/s1. The van der Waals surface area contributed by atoms with Gasteiger partial charge in [-0.2, -0.15) is 0 Å². The molecule has 6 saturated heterocycles. The molecule has 0 aliphatic carbocycles. The molecular weight excluding hydrogens is 1010 g/mol. The molecule has 6 fully saturated rings. The van der Waals surface area contributed by atoms with Gasteiger partial charge in [-0.3, -0.25) is 0 Å². The minimum Gasteiger partial charge on any atom is -0.394 e. The molecule has 33 nitrogen and oxygen atoms in total. The second-order valence-electron chi connectivity index (χ2n) is 18.5. The van der Waals surface area contributed by atoms with E-state index in [4.69, 9.17) is 56.8 Å². The summed E-state index contributed by atoms with van der Waals surface area (Å²) in [5.74, 6) is 0. The van der Waals surface area contributed by atoms with E-state index in [9.17, 15) is 107 Å². The van der Waals surface area contributed by atoms with Crippen LogP contribution in [0.5, 0.6) is 0 Å². The molecule has 0 unspecified atom stereocenters. The molecule has 21 N–H and O–H groups in total. The van der Waals surface area contributed by atoms with Crippen LogP contribution in [0.1, 0.15) is 6.92 Å². The Morgan fingerprint density at radius 1 is 0.411 bits per heavy atom. The first-order valence-corrected chi connectivity index (χ1v) is 23.2. The van der Waals surface area contributed by atoms with Gasteiger partial charge in [0.2, 0.25) is 0 Å². The predicted molar refractivity (Wildman–Crippen MR) is 221 cm³/mol. The van der Waals surface area contributed by atoms with E-state index in [2.05, 4.69) is 0 Å². The molecule has 73 heavy (non-hydrogen) atoms. The van der Waals surface area contributed by atoms with Crippen LogP contribution >= 0.6 is 0 Å². The highest BCUT2D eigenvalue weighted by Crippen LogP contribution is 2.35. The van der Waals surface area contributed by atoms with Crippen molar-refractivity contribution in [3.05, 3.63) is 0 Å². The lowest BCUT2D eigenvalue weighted by Crippen LogP contribution is -2.66. The van der Waals surface area contributed by atoms with Crippen molar-refractivity contribution >= 4 is 0 Å². The number of rotatable bonds is 20. The Hall–Kier alpha value is -1.32. The van der Waals surface area contributed by atoms with E-state index in [1.165, 1.54) is 6.92 Å². The van der Waals surface area contributed by atoms with Crippen LogP contribution in [0.3, 0.4) is 0 Å². The van der Waals surface area contributed by atoms with Crippen molar-refractivity contribution in [3.8, 4) is 0 Å². The van der Waals surface area contributed by atoms with E-state index >= 15 is 0 Å². The first-order chi connectivity index (χ1) is 34.4. The quantitative estimate of drug-likeness (QED) is 0.0538. The van der Waals surface area contributed by atoms with Crippen molar-refractivity contribution in [2.24, 2.45) is 0 Å². The highest BCUT2D eigenvalue weighted by molar-refractivity contribution is 4.98. The first-order valence-electron chi connectivity index (χ1n) is 23.2. The molecule has 0 aromatic rings. The summed E-state index contributed by atoms with van der Waals surface area (Å²) < 4.78 is 67.9.